The van der Waals surface area contributed by atoms with Crippen LogP contribution in [0.15, 0.2) is 54.9 Å². The molecule has 0 aliphatic carbocycles. The van der Waals surface area contributed by atoms with Crippen molar-refractivity contribution in [1.29, 1.82) is 5.26 Å². The molecule has 0 radical (unpaired) electrons. The average Bonchev–Trinajstić information content (AvgIpc) is 2.59. The molecule has 0 saturated carbocycles. The molecule has 0 unspecified atom stereocenters. The summed E-state index contributed by atoms with van der Waals surface area (Å²) in [5.41, 5.74) is 3.33. The lowest BCUT2D eigenvalue weighted by Crippen LogP contribution is -1.99. The zero-order valence-electron chi connectivity index (χ0n) is 12.9. The SMILES string of the molecule is Cc1ccc(Cl)cc1Nc1cc(Nc2cccc(C#N)c2)ncn1. The summed E-state index contributed by atoms with van der Waals surface area (Å²) in [6.45, 7) is 1.99. The van der Waals surface area contributed by atoms with Gasteiger partial charge in [0.1, 0.15) is 18.0 Å². The van der Waals surface area contributed by atoms with Crippen LogP contribution in [-0.2, 0) is 0 Å². The number of halogens is 1. The lowest BCUT2D eigenvalue weighted by Gasteiger charge is -2.11. The Morgan fingerprint density at radius 1 is 1.00 bits per heavy atom. The van der Waals surface area contributed by atoms with Gasteiger partial charge in [0.25, 0.3) is 0 Å². The van der Waals surface area contributed by atoms with Gasteiger partial charge in [-0.3, -0.25) is 0 Å². The summed E-state index contributed by atoms with van der Waals surface area (Å²) in [7, 11) is 0. The molecule has 24 heavy (non-hydrogen) atoms. The highest BCUT2D eigenvalue weighted by Crippen LogP contribution is 2.24. The fourth-order valence-electron chi connectivity index (χ4n) is 2.18. The van der Waals surface area contributed by atoms with Crippen molar-refractivity contribution in [2.24, 2.45) is 0 Å². The first-order chi connectivity index (χ1) is 11.6. The van der Waals surface area contributed by atoms with Crippen molar-refractivity contribution < 1.29 is 0 Å². The lowest BCUT2D eigenvalue weighted by molar-refractivity contribution is 1.16. The number of nitriles is 1. The fraction of sp³-hybridized carbons (Fsp3) is 0.0556. The molecule has 2 N–H and O–H groups in total. The molecular formula is C18H14ClN5. The van der Waals surface area contributed by atoms with E-state index in [1.54, 1.807) is 18.2 Å². The second-order valence-electron chi connectivity index (χ2n) is 5.19. The number of nitrogens with one attached hydrogen (secondary N) is 2. The number of nitrogens with zero attached hydrogens (tertiary/aromatic N) is 3. The molecule has 6 heteroatoms. The number of aryl methyl sites for hydroxylation is 1. The Hall–Kier alpha value is -3.10. The number of rotatable bonds is 4. The third-order valence-electron chi connectivity index (χ3n) is 3.39. The standard InChI is InChI=1S/C18H14ClN5/c1-12-5-6-14(19)8-16(12)24-18-9-17(21-11-22-18)23-15-4-2-3-13(7-15)10-20/h2-9,11H,1H3,(H2,21,22,23,24). The van der Waals surface area contributed by atoms with E-state index in [-0.39, 0.29) is 0 Å². The Labute approximate surface area is 145 Å². The van der Waals surface area contributed by atoms with Crippen molar-refractivity contribution in [1.82, 2.24) is 9.97 Å². The molecule has 0 aliphatic heterocycles. The third-order valence-corrected chi connectivity index (χ3v) is 3.63. The normalized spacial score (nSPS) is 10.0. The van der Waals surface area contributed by atoms with E-state index in [9.17, 15) is 0 Å². The van der Waals surface area contributed by atoms with E-state index in [0.29, 0.717) is 22.2 Å². The minimum atomic E-state index is 0.585. The quantitative estimate of drug-likeness (QED) is 0.716. The predicted molar refractivity (Wildman–Crippen MR) is 95.9 cm³/mol. The molecule has 0 atom stereocenters. The van der Waals surface area contributed by atoms with Crippen LogP contribution in [0, 0.1) is 18.3 Å². The maximum atomic E-state index is 8.96. The number of aromatic nitrogens is 2. The van der Waals surface area contributed by atoms with Crippen molar-refractivity contribution >= 4 is 34.6 Å². The van der Waals surface area contributed by atoms with Crippen molar-refractivity contribution in [3.05, 3.63) is 71.0 Å². The summed E-state index contributed by atoms with van der Waals surface area (Å²) in [5.74, 6) is 1.27. The monoisotopic (exact) mass is 335 g/mol. The fourth-order valence-corrected chi connectivity index (χ4v) is 2.35. The molecule has 2 aromatic carbocycles. The van der Waals surface area contributed by atoms with Crippen LogP contribution in [0.3, 0.4) is 0 Å². The number of anilines is 4. The topological polar surface area (TPSA) is 73.6 Å². The van der Waals surface area contributed by atoms with Gasteiger partial charge >= 0.3 is 0 Å². The van der Waals surface area contributed by atoms with Gasteiger partial charge in [-0.05, 0) is 42.8 Å². The van der Waals surface area contributed by atoms with Gasteiger partial charge in [-0.25, -0.2) is 9.97 Å². The summed E-state index contributed by atoms with van der Waals surface area (Å²) in [5, 5.41) is 16.0. The van der Waals surface area contributed by atoms with E-state index in [1.165, 1.54) is 6.33 Å². The highest BCUT2D eigenvalue weighted by molar-refractivity contribution is 6.30. The maximum Gasteiger partial charge on any atom is 0.135 e. The molecule has 0 aliphatic rings. The van der Waals surface area contributed by atoms with Crippen LogP contribution in [0.5, 0.6) is 0 Å². The summed E-state index contributed by atoms with van der Waals surface area (Å²) < 4.78 is 0. The van der Waals surface area contributed by atoms with Crippen LogP contribution in [0.2, 0.25) is 5.02 Å². The molecular weight excluding hydrogens is 322 g/mol. The van der Waals surface area contributed by atoms with Crippen molar-refractivity contribution in [3.63, 3.8) is 0 Å². The first-order valence-corrected chi connectivity index (χ1v) is 7.64. The van der Waals surface area contributed by atoms with Gasteiger partial charge in [-0.2, -0.15) is 5.26 Å². The van der Waals surface area contributed by atoms with Crippen LogP contribution < -0.4 is 10.6 Å². The van der Waals surface area contributed by atoms with Gasteiger partial charge in [0.05, 0.1) is 11.6 Å². The van der Waals surface area contributed by atoms with E-state index < -0.39 is 0 Å². The smallest absolute Gasteiger partial charge is 0.135 e. The zero-order chi connectivity index (χ0) is 16.9. The van der Waals surface area contributed by atoms with Gasteiger partial charge in [0, 0.05) is 22.5 Å². The molecule has 0 saturated heterocycles. The summed E-state index contributed by atoms with van der Waals surface area (Å²) in [6.07, 6.45) is 1.47. The third kappa shape index (κ3) is 3.80. The Morgan fingerprint density at radius 3 is 2.58 bits per heavy atom. The van der Waals surface area contributed by atoms with Gasteiger partial charge in [0.2, 0.25) is 0 Å². The van der Waals surface area contributed by atoms with Crippen LogP contribution in [0.1, 0.15) is 11.1 Å². The molecule has 0 amide bonds. The van der Waals surface area contributed by atoms with Gasteiger partial charge in [0.15, 0.2) is 0 Å². The first kappa shape index (κ1) is 15.8. The molecule has 3 aromatic rings. The number of hydrogen-bond acceptors (Lipinski definition) is 5. The highest BCUT2D eigenvalue weighted by Gasteiger charge is 2.04. The Balaban J connectivity index is 1.81. The van der Waals surface area contributed by atoms with Gasteiger partial charge < -0.3 is 10.6 Å². The molecule has 1 aromatic heterocycles. The zero-order valence-corrected chi connectivity index (χ0v) is 13.7. The minimum absolute atomic E-state index is 0.585. The molecule has 118 valence electrons. The minimum Gasteiger partial charge on any atom is -0.340 e. The van der Waals surface area contributed by atoms with Crippen molar-refractivity contribution in [3.8, 4) is 6.07 Å². The van der Waals surface area contributed by atoms with E-state index >= 15 is 0 Å². The average molecular weight is 336 g/mol. The molecule has 5 nitrogen and oxygen atoms in total. The largest absolute Gasteiger partial charge is 0.340 e. The van der Waals surface area contributed by atoms with Crippen LogP contribution in [0.25, 0.3) is 0 Å². The van der Waals surface area contributed by atoms with Crippen molar-refractivity contribution in [2.75, 3.05) is 10.6 Å². The van der Waals surface area contributed by atoms with E-state index in [0.717, 1.165) is 16.9 Å². The number of benzene rings is 2. The highest BCUT2D eigenvalue weighted by atomic mass is 35.5. The molecule has 1 heterocycles. The Bertz CT molecular complexity index is 917. The van der Waals surface area contributed by atoms with Crippen LogP contribution in [0.4, 0.5) is 23.0 Å². The molecule has 3 rings (SSSR count). The van der Waals surface area contributed by atoms with E-state index in [1.807, 2.05) is 37.3 Å². The van der Waals surface area contributed by atoms with E-state index in [2.05, 4.69) is 26.7 Å². The summed E-state index contributed by atoms with van der Waals surface area (Å²) in [4.78, 5) is 8.42. The Morgan fingerprint density at radius 2 is 1.79 bits per heavy atom. The molecule has 0 fully saturated rings. The predicted octanol–water partition coefficient (Wildman–Crippen LogP) is 4.80. The maximum absolute atomic E-state index is 8.96. The van der Waals surface area contributed by atoms with Gasteiger partial charge in [-0.15, -0.1) is 0 Å². The number of hydrogen-bond donors (Lipinski definition) is 2. The van der Waals surface area contributed by atoms with Crippen LogP contribution in [-0.4, -0.2) is 9.97 Å². The molecule has 0 spiro atoms. The second kappa shape index (κ2) is 6.99. The lowest BCUT2D eigenvalue weighted by atomic mass is 10.2. The summed E-state index contributed by atoms with van der Waals surface area (Å²) >= 11 is 6.04. The molecule has 0 bridgehead atoms. The second-order valence-corrected chi connectivity index (χ2v) is 5.63. The van der Waals surface area contributed by atoms with Crippen LogP contribution >= 0.6 is 11.6 Å². The summed E-state index contributed by atoms with van der Waals surface area (Å²) in [6, 6.07) is 16.7. The Kier molecular flexibility index (Phi) is 4.59. The van der Waals surface area contributed by atoms with E-state index in [4.69, 9.17) is 16.9 Å². The van der Waals surface area contributed by atoms with Gasteiger partial charge in [-0.1, -0.05) is 23.7 Å². The van der Waals surface area contributed by atoms with Crippen molar-refractivity contribution in [2.45, 2.75) is 6.92 Å². The first-order valence-electron chi connectivity index (χ1n) is 7.26.